The van der Waals surface area contributed by atoms with Gasteiger partial charge in [-0.05, 0) is 83.1 Å². The standard InChI is InChI=1S/C22H42O10/c1-15(13-21(9,10)31-29-19(3,4)5)25-17(23)27-28-18(24)26-16(2)14-22(11,12)32-30-20(6,7)8/h15-16H,13-14H2,1-12H3. The Balaban J connectivity index is 4.33. The minimum atomic E-state index is -1.18. The van der Waals surface area contributed by atoms with Gasteiger partial charge in [-0.1, -0.05) is 0 Å². The number of hydrogen-bond acceptors (Lipinski definition) is 10. The van der Waals surface area contributed by atoms with Crippen molar-refractivity contribution in [1.29, 1.82) is 0 Å². The third-order valence-electron chi connectivity index (χ3n) is 3.37. The summed E-state index contributed by atoms with van der Waals surface area (Å²) in [7, 11) is 0. The van der Waals surface area contributed by atoms with Gasteiger partial charge in [-0.25, -0.2) is 19.6 Å². The lowest BCUT2D eigenvalue weighted by atomic mass is 10.0. The van der Waals surface area contributed by atoms with E-state index in [9.17, 15) is 9.59 Å². The van der Waals surface area contributed by atoms with Gasteiger partial charge in [0.2, 0.25) is 0 Å². The first-order valence-corrected chi connectivity index (χ1v) is 10.7. The molecule has 0 aliphatic heterocycles. The fourth-order valence-electron chi connectivity index (χ4n) is 2.45. The van der Waals surface area contributed by atoms with Crippen molar-refractivity contribution in [1.82, 2.24) is 0 Å². The van der Waals surface area contributed by atoms with Crippen molar-refractivity contribution in [2.45, 2.75) is 131 Å². The van der Waals surface area contributed by atoms with Crippen molar-refractivity contribution < 1.29 is 48.4 Å². The smallest absolute Gasteiger partial charge is 0.429 e. The Morgan fingerprint density at radius 1 is 0.562 bits per heavy atom. The summed E-state index contributed by atoms with van der Waals surface area (Å²) in [5.74, 6) is 0. The average Bonchev–Trinajstić information content (AvgIpc) is 2.54. The zero-order chi connectivity index (χ0) is 25.4. The van der Waals surface area contributed by atoms with Gasteiger partial charge >= 0.3 is 12.3 Å². The molecule has 0 aliphatic rings. The van der Waals surface area contributed by atoms with Crippen LogP contribution in [-0.2, 0) is 38.8 Å². The highest BCUT2D eigenvalue weighted by molar-refractivity contribution is 5.63. The van der Waals surface area contributed by atoms with Crippen LogP contribution in [0.15, 0.2) is 0 Å². The maximum atomic E-state index is 11.8. The Morgan fingerprint density at radius 2 is 0.844 bits per heavy atom. The van der Waals surface area contributed by atoms with Crippen molar-refractivity contribution in [3.05, 3.63) is 0 Å². The predicted molar refractivity (Wildman–Crippen MR) is 115 cm³/mol. The number of hydrogen-bond donors (Lipinski definition) is 0. The second-order valence-electron chi connectivity index (χ2n) is 11.0. The van der Waals surface area contributed by atoms with E-state index < -0.39 is 46.9 Å². The van der Waals surface area contributed by atoms with Gasteiger partial charge in [0.1, 0.15) is 23.4 Å². The van der Waals surface area contributed by atoms with Gasteiger partial charge in [0.05, 0.1) is 11.2 Å². The van der Waals surface area contributed by atoms with Crippen molar-refractivity contribution in [3.8, 4) is 0 Å². The zero-order valence-electron chi connectivity index (χ0n) is 21.7. The molecule has 0 amide bonds. The second kappa shape index (κ2) is 12.0. The highest BCUT2D eigenvalue weighted by Gasteiger charge is 2.30. The molecule has 0 N–H and O–H groups in total. The molecule has 0 saturated heterocycles. The minimum absolute atomic E-state index is 0.311. The molecule has 2 atom stereocenters. The molecule has 0 fully saturated rings. The van der Waals surface area contributed by atoms with Gasteiger partial charge in [-0.3, -0.25) is 0 Å². The van der Waals surface area contributed by atoms with E-state index >= 15 is 0 Å². The first-order chi connectivity index (χ1) is 14.2. The van der Waals surface area contributed by atoms with Gasteiger partial charge < -0.3 is 9.47 Å². The molecule has 0 aromatic rings. The molecule has 0 heterocycles. The van der Waals surface area contributed by atoms with Crippen LogP contribution in [0.3, 0.4) is 0 Å². The topological polar surface area (TPSA) is 108 Å². The molecule has 0 aromatic carbocycles. The molecule has 0 aliphatic carbocycles. The van der Waals surface area contributed by atoms with Gasteiger partial charge in [0, 0.05) is 12.8 Å². The van der Waals surface area contributed by atoms with E-state index in [0.29, 0.717) is 12.8 Å². The molecule has 32 heavy (non-hydrogen) atoms. The van der Waals surface area contributed by atoms with E-state index in [1.807, 2.05) is 41.5 Å². The molecular formula is C22H42O10. The highest BCUT2D eigenvalue weighted by Crippen LogP contribution is 2.23. The SMILES string of the molecule is CC(CC(C)(C)OOC(C)(C)C)OC(=O)OOC(=O)OC(C)CC(C)(C)OOC(C)(C)C. The van der Waals surface area contributed by atoms with E-state index in [-0.39, 0.29) is 0 Å². The van der Waals surface area contributed by atoms with Crippen LogP contribution < -0.4 is 0 Å². The lowest BCUT2D eigenvalue weighted by Crippen LogP contribution is -2.35. The van der Waals surface area contributed by atoms with Crippen LogP contribution in [0.25, 0.3) is 0 Å². The first kappa shape index (κ1) is 30.4. The lowest BCUT2D eigenvalue weighted by molar-refractivity contribution is -0.400. The summed E-state index contributed by atoms with van der Waals surface area (Å²) < 4.78 is 10.1. The normalized spacial score (nSPS) is 15.0. The Kier molecular flexibility index (Phi) is 11.4. The Bertz CT molecular complexity index is 534. The van der Waals surface area contributed by atoms with Gasteiger partial charge in [0.15, 0.2) is 0 Å². The number of carbonyl (C=O) groups is 2. The third kappa shape index (κ3) is 17.0. The summed E-state index contributed by atoms with van der Waals surface area (Å²) >= 11 is 0. The Labute approximate surface area is 191 Å². The maximum absolute atomic E-state index is 11.8. The Morgan fingerprint density at radius 3 is 1.09 bits per heavy atom. The molecule has 10 heteroatoms. The molecule has 0 aromatic heterocycles. The van der Waals surface area contributed by atoms with Crippen LogP contribution in [0.5, 0.6) is 0 Å². The van der Waals surface area contributed by atoms with Gasteiger partial charge in [-0.2, -0.15) is 19.4 Å². The van der Waals surface area contributed by atoms with Crippen LogP contribution in [0.2, 0.25) is 0 Å². The molecule has 0 bridgehead atoms. The Hall–Kier alpha value is -1.62. The molecule has 190 valence electrons. The maximum Gasteiger partial charge on any atom is 0.550 e. The summed E-state index contributed by atoms with van der Waals surface area (Å²) in [6.45, 7) is 21.6. The fourth-order valence-corrected chi connectivity index (χ4v) is 2.45. The van der Waals surface area contributed by atoms with Crippen molar-refractivity contribution in [2.24, 2.45) is 0 Å². The van der Waals surface area contributed by atoms with Gasteiger partial charge in [0.25, 0.3) is 0 Å². The number of carbonyl (C=O) groups excluding carboxylic acids is 2. The molecule has 0 saturated carbocycles. The van der Waals surface area contributed by atoms with Crippen molar-refractivity contribution >= 4 is 12.3 Å². The summed E-state index contributed by atoms with van der Waals surface area (Å²) in [6, 6.07) is 0. The first-order valence-electron chi connectivity index (χ1n) is 10.7. The quantitative estimate of drug-likeness (QED) is 0.222. The largest absolute Gasteiger partial charge is 0.550 e. The molecular weight excluding hydrogens is 424 g/mol. The molecule has 0 radical (unpaired) electrons. The predicted octanol–water partition coefficient (Wildman–Crippen LogP) is 5.82. The van der Waals surface area contributed by atoms with Crippen LogP contribution >= 0.6 is 0 Å². The number of rotatable bonds is 10. The summed E-state index contributed by atoms with van der Waals surface area (Å²) in [6.07, 6.45) is -2.94. The van der Waals surface area contributed by atoms with Crippen molar-refractivity contribution in [2.75, 3.05) is 0 Å². The van der Waals surface area contributed by atoms with E-state index in [0.717, 1.165) is 0 Å². The van der Waals surface area contributed by atoms with E-state index in [2.05, 4.69) is 9.78 Å². The number of ether oxygens (including phenoxy) is 2. The highest BCUT2D eigenvalue weighted by atomic mass is 17.3. The zero-order valence-corrected chi connectivity index (χ0v) is 21.7. The average molecular weight is 467 g/mol. The van der Waals surface area contributed by atoms with Crippen LogP contribution in [0.4, 0.5) is 9.59 Å². The second-order valence-corrected chi connectivity index (χ2v) is 11.0. The van der Waals surface area contributed by atoms with Gasteiger partial charge in [-0.15, -0.1) is 0 Å². The van der Waals surface area contributed by atoms with Crippen LogP contribution in [-0.4, -0.2) is 46.9 Å². The van der Waals surface area contributed by atoms with E-state index in [1.54, 1.807) is 41.5 Å². The summed E-state index contributed by atoms with van der Waals surface area (Å²) in [5.41, 5.74) is -2.42. The van der Waals surface area contributed by atoms with Crippen LogP contribution in [0.1, 0.15) is 95.9 Å². The van der Waals surface area contributed by atoms with E-state index in [4.69, 9.17) is 29.0 Å². The molecule has 2 unspecified atom stereocenters. The summed E-state index contributed by atoms with van der Waals surface area (Å²) in [4.78, 5) is 53.7. The van der Waals surface area contributed by atoms with Crippen molar-refractivity contribution in [3.63, 3.8) is 0 Å². The summed E-state index contributed by atoms with van der Waals surface area (Å²) in [5, 5.41) is 0. The molecule has 0 rings (SSSR count). The third-order valence-corrected chi connectivity index (χ3v) is 3.37. The van der Waals surface area contributed by atoms with E-state index in [1.165, 1.54) is 0 Å². The monoisotopic (exact) mass is 466 g/mol. The minimum Gasteiger partial charge on any atom is -0.429 e. The lowest BCUT2D eigenvalue weighted by Gasteiger charge is -2.30. The van der Waals surface area contributed by atoms with Crippen LogP contribution in [0, 0.1) is 0 Å². The molecule has 0 spiro atoms. The fraction of sp³-hybridized carbons (Fsp3) is 0.909. The molecule has 10 nitrogen and oxygen atoms in total.